The van der Waals surface area contributed by atoms with Crippen LogP contribution in [0.5, 0.6) is 0 Å². The summed E-state index contributed by atoms with van der Waals surface area (Å²) in [5.74, 6) is 0.203. The number of rotatable bonds is 5. The lowest BCUT2D eigenvalue weighted by molar-refractivity contribution is -0.119. The normalized spacial score (nSPS) is 16.0. The van der Waals surface area contributed by atoms with Crippen molar-refractivity contribution in [2.45, 2.75) is 32.4 Å². The highest BCUT2D eigenvalue weighted by molar-refractivity contribution is 5.81. The summed E-state index contributed by atoms with van der Waals surface area (Å²) < 4.78 is 0. The molecule has 0 aliphatic heterocycles. The van der Waals surface area contributed by atoms with Crippen LogP contribution < -0.4 is 10.6 Å². The van der Waals surface area contributed by atoms with Crippen LogP contribution in [0.3, 0.4) is 0 Å². The van der Waals surface area contributed by atoms with E-state index in [1.165, 1.54) is 0 Å². The lowest BCUT2D eigenvalue weighted by Gasteiger charge is -2.17. The van der Waals surface area contributed by atoms with Crippen LogP contribution >= 0.6 is 0 Å². The molecule has 11 heavy (non-hydrogen) atoms. The molecule has 3 nitrogen and oxygen atoms in total. The number of Topliss-reactive ketones (excluding diaryl/α,β-unsaturated/α-hetero) is 1. The van der Waals surface area contributed by atoms with Gasteiger partial charge in [0.2, 0.25) is 0 Å². The van der Waals surface area contributed by atoms with Crippen LogP contribution in [0.4, 0.5) is 0 Å². The van der Waals surface area contributed by atoms with E-state index in [2.05, 4.69) is 17.6 Å². The number of ketones is 1. The summed E-state index contributed by atoms with van der Waals surface area (Å²) in [6.07, 6.45) is 0.850. The molecule has 0 saturated carbocycles. The Morgan fingerprint density at radius 2 is 1.91 bits per heavy atom. The second kappa shape index (κ2) is 5.27. The summed E-state index contributed by atoms with van der Waals surface area (Å²) in [6, 6.07) is 0.383. The molecule has 0 aromatic rings. The van der Waals surface area contributed by atoms with E-state index in [0.717, 1.165) is 6.42 Å². The molecule has 0 amide bonds. The second-order valence-electron chi connectivity index (χ2n) is 2.88. The monoisotopic (exact) mass is 158 g/mol. The summed E-state index contributed by atoms with van der Waals surface area (Å²) in [5.41, 5.74) is 0. The molecule has 0 fully saturated rings. The van der Waals surface area contributed by atoms with E-state index < -0.39 is 0 Å². The third-order valence-corrected chi connectivity index (χ3v) is 1.92. The molecule has 2 N–H and O–H groups in total. The first kappa shape index (κ1) is 10.6. The van der Waals surface area contributed by atoms with E-state index in [9.17, 15) is 4.79 Å². The first-order chi connectivity index (χ1) is 5.11. The topological polar surface area (TPSA) is 41.1 Å². The van der Waals surface area contributed by atoms with Crippen LogP contribution in [-0.4, -0.2) is 32.0 Å². The zero-order chi connectivity index (χ0) is 8.85. The highest BCUT2D eigenvalue weighted by Crippen LogP contribution is 1.97. The molecule has 0 saturated heterocycles. The molecule has 0 unspecified atom stereocenters. The number of carbonyl (C=O) groups excluding carboxylic acids is 1. The van der Waals surface area contributed by atoms with Gasteiger partial charge in [0.1, 0.15) is 5.78 Å². The van der Waals surface area contributed by atoms with Crippen LogP contribution in [0.2, 0.25) is 0 Å². The van der Waals surface area contributed by atoms with Crippen molar-refractivity contribution in [2.24, 2.45) is 0 Å². The van der Waals surface area contributed by atoms with E-state index in [1.807, 2.05) is 14.1 Å². The minimum Gasteiger partial charge on any atom is -0.317 e. The molecular weight excluding hydrogens is 140 g/mol. The highest BCUT2D eigenvalue weighted by Gasteiger charge is 2.13. The molecule has 3 heteroatoms. The highest BCUT2D eigenvalue weighted by atomic mass is 16.1. The zero-order valence-corrected chi connectivity index (χ0v) is 7.77. The number of hydrogen-bond donors (Lipinski definition) is 2. The van der Waals surface area contributed by atoms with E-state index in [1.54, 1.807) is 6.92 Å². The van der Waals surface area contributed by atoms with Gasteiger partial charge < -0.3 is 10.6 Å². The van der Waals surface area contributed by atoms with Gasteiger partial charge in [-0.05, 0) is 34.4 Å². The van der Waals surface area contributed by atoms with Crippen molar-refractivity contribution in [1.29, 1.82) is 0 Å². The van der Waals surface area contributed by atoms with E-state index in [0.29, 0.717) is 6.04 Å². The van der Waals surface area contributed by atoms with Crippen molar-refractivity contribution >= 4 is 5.78 Å². The Balaban J connectivity index is 3.77. The molecule has 0 aromatic heterocycles. The summed E-state index contributed by atoms with van der Waals surface area (Å²) >= 11 is 0. The van der Waals surface area contributed by atoms with Crippen molar-refractivity contribution in [2.75, 3.05) is 14.1 Å². The molecular formula is C8H18N2O. The fraction of sp³-hybridized carbons (Fsp3) is 0.875. The van der Waals surface area contributed by atoms with Gasteiger partial charge in [-0.2, -0.15) is 0 Å². The standard InChI is InChI=1S/C8H18N2O/c1-6(9-3)5-8(10-4)7(2)11/h6,8-10H,5H2,1-4H3/t6-,8-/m0/s1. The summed E-state index contributed by atoms with van der Waals surface area (Å²) in [7, 11) is 3.71. The molecule has 0 aromatic carbocycles. The van der Waals surface area contributed by atoms with Crippen molar-refractivity contribution in [3.05, 3.63) is 0 Å². The Kier molecular flexibility index (Phi) is 5.07. The van der Waals surface area contributed by atoms with Crippen molar-refractivity contribution in [3.63, 3.8) is 0 Å². The minimum absolute atomic E-state index is 0.00236. The molecule has 0 bridgehead atoms. The predicted molar refractivity (Wildman–Crippen MR) is 46.7 cm³/mol. The van der Waals surface area contributed by atoms with E-state index in [4.69, 9.17) is 0 Å². The van der Waals surface area contributed by atoms with Crippen LogP contribution in [0, 0.1) is 0 Å². The van der Waals surface area contributed by atoms with E-state index in [-0.39, 0.29) is 11.8 Å². The molecule has 0 aliphatic carbocycles. The first-order valence-electron chi connectivity index (χ1n) is 3.96. The van der Waals surface area contributed by atoms with Gasteiger partial charge in [-0.1, -0.05) is 0 Å². The number of carbonyl (C=O) groups is 1. The Morgan fingerprint density at radius 1 is 1.36 bits per heavy atom. The molecule has 0 aliphatic rings. The Labute approximate surface area is 68.6 Å². The third-order valence-electron chi connectivity index (χ3n) is 1.92. The number of nitrogens with one attached hydrogen (secondary N) is 2. The largest absolute Gasteiger partial charge is 0.317 e. The average molecular weight is 158 g/mol. The minimum atomic E-state index is -0.00236. The quantitative estimate of drug-likeness (QED) is 0.599. The van der Waals surface area contributed by atoms with Crippen LogP contribution in [-0.2, 0) is 4.79 Å². The first-order valence-corrected chi connectivity index (χ1v) is 3.96. The van der Waals surface area contributed by atoms with Gasteiger partial charge in [-0.15, -0.1) is 0 Å². The summed E-state index contributed by atoms with van der Waals surface area (Å²) in [6.45, 7) is 3.68. The van der Waals surface area contributed by atoms with Crippen LogP contribution in [0.25, 0.3) is 0 Å². The van der Waals surface area contributed by atoms with Gasteiger partial charge in [0.25, 0.3) is 0 Å². The zero-order valence-electron chi connectivity index (χ0n) is 7.77. The SMILES string of the molecule is CN[C@@H](C[C@H](C)NC)C(C)=O. The third kappa shape index (κ3) is 4.11. The smallest absolute Gasteiger partial charge is 0.146 e. The van der Waals surface area contributed by atoms with Gasteiger partial charge in [-0.3, -0.25) is 4.79 Å². The van der Waals surface area contributed by atoms with Gasteiger partial charge in [0.05, 0.1) is 6.04 Å². The second-order valence-corrected chi connectivity index (χ2v) is 2.88. The van der Waals surface area contributed by atoms with Crippen molar-refractivity contribution in [1.82, 2.24) is 10.6 Å². The average Bonchev–Trinajstić information content (AvgIpc) is 1.99. The van der Waals surface area contributed by atoms with Crippen LogP contribution in [0.15, 0.2) is 0 Å². The fourth-order valence-corrected chi connectivity index (χ4v) is 0.958. The molecule has 2 atom stereocenters. The molecule has 0 spiro atoms. The van der Waals surface area contributed by atoms with Gasteiger partial charge in [-0.25, -0.2) is 0 Å². The Bertz CT molecular complexity index is 125. The maximum absolute atomic E-state index is 10.9. The lowest BCUT2D eigenvalue weighted by atomic mass is 10.1. The number of likely N-dealkylation sites (N-methyl/N-ethyl adjacent to an activating group) is 1. The summed E-state index contributed by atoms with van der Waals surface area (Å²) in [5, 5.41) is 6.07. The fourth-order valence-electron chi connectivity index (χ4n) is 0.958. The Morgan fingerprint density at radius 3 is 2.18 bits per heavy atom. The molecule has 0 heterocycles. The van der Waals surface area contributed by atoms with Gasteiger partial charge >= 0.3 is 0 Å². The number of hydrogen-bond acceptors (Lipinski definition) is 3. The lowest BCUT2D eigenvalue weighted by Crippen LogP contribution is -2.38. The molecule has 0 rings (SSSR count). The van der Waals surface area contributed by atoms with Crippen molar-refractivity contribution < 1.29 is 4.79 Å². The maximum atomic E-state index is 10.9. The maximum Gasteiger partial charge on any atom is 0.146 e. The molecule has 0 radical (unpaired) electrons. The van der Waals surface area contributed by atoms with Gasteiger partial charge in [0.15, 0.2) is 0 Å². The predicted octanol–water partition coefficient (Wildman–Crippen LogP) is 0.161. The summed E-state index contributed by atoms with van der Waals surface area (Å²) in [4.78, 5) is 10.9. The molecule has 66 valence electrons. The van der Waals surface area contributed by atoms with Crippen LogP contribution in [0.1, 0.15) is 20.3 Å². The Hall–Kier alpha value is -0.410. The van der Waals surface area contributed by atoms with Crippen molar-refractivity contribution in [3.8, 4) is 0 Å². The van der Waals surface area contributed by atoms with Gasteiger partial charge in [0, 0.05) is 6.04 Å². The van der Waals surface area contributed by atoms with E-state index >= 15 is 0 Å².